The molecule has 0 spiro atoms. The van der Waals surface area contributed by atoms with Gasteiger partial charge < -0.3 is 30.3 Å². The molecule has 3 aliphatic rings. The maximum Gasteiger partial charge on any atom is 0.321 e. The Bertz CT molecular complexity index is 783. The van der Waals surface area contributed by atoms with Crippen molar-refractivity contribution >= 4 is 17.7 Å². The molecule has 0 bridgehead atoms. The van der Waals surface area contributed by atoms with Gasteiger partial charge in [-0.15, -0.1) is 0 Å². The molecule has 0 atom stereocenters. The number of nitrogens with one attached hydrogen (secondary N) is 3. The first kappa shape index (κ1) is 20.6. The van der Waals surface area contributed by atoms with Crippen LogP contribution in [-0.4, -0.2) is 47.9 Å². The molecule has 1 aliphatic carbocycles. The van der Waals surface area contributed by atoms with Gasteiger partial charge in [0.2, 0.25) is 5.79 Å². The third-order valence-electron chi connectivity index (χ3n) is 5.96. The number of piperidine rings is 1. The minimum Gasteiger partial charge on any atom is -0.449 e. The van der Waals surface area contributed by atoms with Gasteiger partial charge in [0.25, 0.3) is 0 Å². The van der Waals surface area contributed by atoms with Crippen LogP contribution in [0.3, 0.4) is 0 Å². The van der Waals surface area contributed by atoms with Gasteiger partial charge in [0.15, 0.2) is 11.5 Å². The van der Waals surface area contributed by atoms with Crippen molar-refractivity contribution in [3.05, 3.63) is 18.2 Å². The average Bonchev–Trinajstić information content (AvgIpc) is 3.02. The zero-order valence-electron chi connectivity index (χ0n) is 17.8. The number of fused-ring (bicyclic) bond motifs is 1. The summed E-state index contributed by atoms with van der Waals surface area (Å²) in [6, 6.07) is 5.59. The summed E-state index contributed by atoms with van der Waals surface area (Å²) in [5.41, 5.74) is 0.673. The van der Waals surface area contributed by atoms with Crippen LogP contribution in [-0.2, 0) is 0 Å². The zero-order chi connectivity index (χ0) is 21.1. The van der Waals surface area contributed by atoms with Gasteiger partial charge in [-0.05, 0) is 37.8 Å². The molecule has 8 heteroatoms. The van der Waals surface area contributed by atoms with E-state index in [4.69, 9.17) is 9.47 Å². The monoisotopic (exact) mass is 416 g/mol. The number of anilines is 1. The van der Waals surface area contributed by atoms with Crippen molar-refractivity contribution < 1.29 is 19.1 Å². The fraction of sp³-hybridized carbons (Fsp3) is 0.636. The molecule has 1 saturated heterocycles. The topological polar surface area (TPSA) is 91.9 Å². The molecule has 0 unspecified atom stereocenters. The smallest absolute Gasteiger partial charge is 0.321 e. The number of urea groups is 2. The highest BCUT2D eigenvalue weighted by Gasteiger charge is 2.32. The van der Waals surface area contributed by atoms with Crippen molar-refractivity contribution in [3.63, 3.8) is 0 Å². The number of amides is 4. The highest BCUT2D eigenvalue weighted by Crippen LogP contribution is 2.40. The standard InChI is InChI=1S/C22H32N4O4/c1-22(2)29-18-9-8-17(14-19(18)30-22)25-21(28)26-12-10-16(11-13-26)24-20(27)23-15-6-4-3-5-7-15/h8-9,14-16H,3-7,10-13H2,1-2H3,(H,25,28)(H2,23,24,27). The van der Waals surface area contributed by atoms with Crippen LogP contribution in [0, 0.1) is 0 Å². The maximum absolute atomic E-state index is 12.6. The van der Waals surface area contributed by atoms with Crippen LogP contribution in [0.4, 0.5) is 15.3 Å². The van der Waals surface area contributed by atoms with Crippen LogP contribution < -0.4 is 25.4 Å². The molecule has 2 fully saturated rings. The SMILES string of the molecule is CC1(C)Oc2ccc(NC(=O)N3CCC(NC(=O)NC4CCCCC4)CC3)cc2O1. The Balaban J connectivity index is 1.21. The van der Waals surface area contributed by atoms with Crippen molar-refractivity contribution in [2.75, 3.05) is 18.4 Å². The molecule has 1 aromatic rings. The Kier molecular flexibility index (Phi) is 5.92. The highest BCUT2D eigenvalue weighted by atomic mass is 16.7. The molecule has 4 amide bonds. The second kappa shape index (κ2) is 8.62. The molecular weight excluding hydrogens is 384 g/mol. The lowest BCUT2D eigenvalue weighted by atomic mass is 9.96. The lowest BCUT2D eigenvalue weighted by Crippen LogP contribution is -2.51. The Morgan fingerprint density at radius 1 is 0.933 bits per heavy atom. The predicted octanol–water partition coefficient (Wildman–Crippen LogP) is 3.82. The van der Waals surface area contributed by atoms with Crippen LogP contribution in [0.1, 0.15) is 58.8 Å². The van der Waals surface area contributed by atoms with Crippen molar-refractivity contribution in [2.24, 2.45) is 0 Å². The molecule has 0 radical (unpaired) electrons. The Morgan fingerprint density at radius 3 is 2.27 bits per heavy atom. The number of nitrogens with zero attached hydrogens (tertiary/aromatic N) is 1. The Hall–Kier alpha value is -2.64. The molecule has 4 rings (SSSR count). The Labute approximate surface area is 177 Å². The summed E-state index contributed by atoms with van der Waals surface area (Å²) >= 11 is 0. The van der Waals surface area contributed by atoms with Gasteiger partial charge >= 0.3 is 12.1 Å². The number of hydrogen-bond donors (Lipinski definition) is 3. The summed E-state index contributed by atoms with van der Waals surface area (Å²) in [6.45, 7) is 4.91. The van der Waals surface area contributed by atoms with E-state index < -0.39 is 5.79 Å². The van der Waals surface area contributed by atoms with Gasteiger partial charge in [-0.2, -0.15) is 0 Å². The van der Waals surface area contributed by atoms with E-state index in [9.17, 15) is 9.59 Å². The van der Waals surface area contributed by atoms with Gasteiger partial charge in [0, 0.05) is 50.8 Å². The molecule has 164 valence electrons. The molecule has 0 aromatic heterocycles. The van der Waals surface area contributed by atoms with Crippen LogP contribution in [0.5, 0.6) is 11.5 Å². The minimum absolute atomic E-state index is 0.0758. The fourth-order valence-corrected chi connectivity index (χ4v) is 4.39. The van der Waals surface area contributed by atoms with Gasteiger partial charge in [-0.25, -0.2) is 9.59 Å². The molecule has 1 aromatic carbocycles. The maximum atomic E-state index is 12.6. The van der Waals surface area contributed by atoms with Crippen molar-refractivity contribution in [3.8, 4) is 11.5 Å². The molecule has 1 saturated carbocycles. The van der Waals surface area contributed by atoms with E-state index in [1.165, 1.54) is 19.3 Å². The second-order valence-electron chi connectivity index (χ2n) is 8.91. The third-order valence-corrected chi connectivity index (χ3v) is 5.96. The molecule has 30 heavy (non-hydrogen) atoms. The zero-order valence-corrected chi connectivity index (χ0v) is 17.8. The summed E-state index contributed by atoms with van der Waals surface area (Å²) in [6.07, 6.45) is 7.30. The van der Waals surface area contributed by atoms with Gasteiger partial charge in [-0.1, -0.05) is 19.3 Å². The van der Waals surface area contributed by atoms with Crippen LogP contribution in [0.25, 0.3) is 0 Å². The average molecular weight is 417 g/mol. The van der Waals surface area contributed by atoms with Crippen molar-refractivity contribution in [1.82, 2.24) is 15.5 Å². The summed E-state index contributed by atoms with van der Waals surface area (Å²) in [5, 5.41) is 9.10. The largest absolute Gasteiger partial charge is 0.449 e. The minimum atomic E-state index is -0.691. The predicted molar refractivity (Wildman–Crippen MR) is 114 cm³/mol. The summed E-state index contributed by atoms with van der Waals surface area (Å²) in [7, 11) is 0. The number of ether oxygens (including phenoxy) is 2. The number of carbonyl (C=O) groups excluding carboxylic acids is 2. The van der Waals surface area contributed by atoms with Crippen LogP contribution >= 0.6 is 0 Å². The number of rotatable bonds is 3. The molecule has 2 heterocycles. The molecule has 3 N–H and O–H groups in total. The number of carbonyl (C=O) groups is 2. The lowest BCUT2D eigenvalue weighted by Gasteiger charge is -2.33. The summed E-state index contributed by atoms with van der Waals surface area (Å²) in [5.74, 6) is 0.615. The molecular formula is C22H32N4O4. The van der Waals surface area contributed by atoms with Crippen LogP contribution in [0.15, 0.2) is 18.2 Å². The van der Waals surface area contributed by atoms with Gasteiger partial charge in [-0.3, -0.25) is 0 Å². The lowest BCUT2D eigenvalue weighted by molar-refractivity contribution is -0.0431. The normalized spacial score (nSPS) is 21.2. The number of hydrogen-bond acceptors (Lipinski definition) is 4. The van der Waals surface area contributed by atoms with E-state index >= 15 is 0 Å². The van der Waals surface area contributed by atoms with E-state index in [1.54, 1.807) is 17.0 Å². The molecule has 8 nitrogen and oxygen atoms in total. The first-order valence-electron chi connectivity index (χ1n) is 11.0. The number of likely N-dealkylation sites (tertiary alicyclic amines) is 1. The number of benzene rings is 1. The van der Waals surface area contributed by atoms with Crippen molar-refractivity contribution in [2.45, 2.75) is 76.7 Å². The first-order valence-corrected chi connectivity index (χ1v) is 11.0. The first-order chi connectivity index (χ1) is 14.4. The quantitative estimate of drug-likeness (QED) is 0.698. The summed E-state index contributed by atoms with van der Waals surface area (Å²) in [4.78, 5) is 26.7. The van der Waals surface area contributed by atoms with E-state index in [2.05, 4.69) is 16.0 Å². The van der Waals surface area contributed by atoms with E-state index in [1.807, 2.05) is 19.9 Å². The second-order valence-corrected chi connectivity index (χ2v) is 8.91. The van der Waals surface area contributed by atoms with Crippen LogP contribution in [0.2, 0.25) is 0 Å². The Morgan fingerprint density at radius 2 is 1.57 bits per heavy atom. The van der Waals surface area contributed by atoms with E-state index in [0.717, 1.165) is 25.7 Å². The highest BCUT2D eigenvalue weighted by molar-refractivity contribution is 5.89. The van der Waals surface area contributed by atoms with Gasteiger partial charge in [0.05, 0.1) is 0 Å². The van der Waals surface area contributed by atoms with E-state index in [-0.39, 0.29) is 18.1 Å². The van der Waals surface area contributed by atoms with Crippen molar-refractivity contribution in [1.29, 1.82) is 0 Å². The van der Waals surface area contributed by atoms with E-state index in [0.29, 0.717) is 36.3 Å². The summed E-state index contributed by atoms with van der Waals surface area (Å²) < 4.78 is 11.4. The van der Waals surface area contributed by atoms with Gasteiger partial charge in [0.1, 0.15) is 0 Å². The molecule has 2 aliphatic heterocycles. The fourth-order valence-electron chi connectivity index (χ4n) is 4.39. The third kappa shape index (κ3) is 5.09.